The number of nitrogens with zero attached hydrogens (tertiary/aromatic N) is 2. The van der Waals surface area contributed by atoms with Crippen molar-refractivity contribution in [3.8, 4) is 5.75 Å². The molecule has 1 aliphatic rings. The topological polar surface area (TPSA) is 68.0 Å². The number of carbonyl (C=O) groups excluding carboxylic acids is 1. The van der Waals surface area contributed by atoms with Gasteiger partial charge in [-0.15, -0.1) is 0 Å². The van der Waals surface area contributed by atoms with Crippen molar-refractivity contribution in [3.63, 3.8) is 0 Å². The zero-order chi connectivity index (χ0) is 20.4. The number of hydrogen-bond donors (Lipinski definition) is 1. The van der Waals surface area contributed by atoms with Crippen LogP contribution in [0.15, 0.2) is 18.2 Å². The lowest BCUT2D eigenvalue weighted by Crippen LogP contribution is -2.54. The van der Waals surface area contributed by atoms with Gasteiger partial charge in [-0.05, 0) is 39.8 Å². The summed E-state index contributed by atoms with van der Waals surface area (Å²) < 4.78 is 47.4. The van der Waals surface area contributed by atoms with Gasteiger partial charge in [-0.2, -0.15) is 13.2 Å². The first kappa shape index (κ1) is 21.0. The van der Waals surface area contributed by atoms with E-state index < -0.39 is 18.4 Å². The number of alkyl halides is 3. The lowest BCUT2D eigenvalue weighted by atomic mass is 10.1. The van der Waals surface area contributed by atoms with Crippen molar-refractivity contribution in [2.45, 2.75) is 45.5 Å². The van der Waals surface area contributed by atoms with Crippen LogP contribution in [0.1, 0.15) is 27.7 Å². The zero-order valence-electron chi connectivity index (χ0n) is 16.0. The van der Waals surface area contributed by atoms with Crippen LogP contribution in [0.2, 0.25) is 0 Å². The minimum Gasteiger partial charge on any atom is -0.482 e. The smallest absolute Gasteiger partial charge is 0.422 e. The summed E-state index contributed by atoms with van der Waals surface area (Å²) in [5.41, 5.74) is 5.99. The molecule has 0 unspecified atom stereocenters. The number of amides is 1. The van der Waals surface area contributed by atoms with E-state index in [4.69, 9.17) is 15.2 Å². The summed E-state index contributed by atoms with van der Waals surface area (Å²) >= 11 is 0. The quantitative estimate of drug-likeness (QED) is 0.799. The molecule has 2 rings (SSSR count). The molecule has 152 valence electrons. The van der Waals surface area contributed by atoms with Crippen LogP contribution in [0.3, 0.4) is 0 Å². The third kappa shape index (κ3) is 6.11. The molecule has 0 bridgehead atoms. The Bertz CT molecular complexity index is 674. The third-order valence-electron chi connectivity index (χ3n) is 4.00. The van der Waals surface area contributed by atoms with Crippen LogP contribution in [0, 0.1) is 0 Å². The SMILES string of the molecule is C[C@H]1CN(C(=O)OC(C)(C)C)CCN1c1ccc(N)c(OCC(F)(F)F)c1. The van der Waals surface area contributed by atoms with E-state index in [2.05, 4.69) is 0 Å². The van der Waals surface area contributed by atoms with Crippen molar-refractivity contribution in [3.05, 3.63) is 18.2 Å². The molecule has 0 radical (unpaired) electrons. The van der Waals surface area contributed by atoms with E-state index in [1.807, 2.05) is 11.8 Å². The molecule has 1 aliphatic heterocycles. The van der Waals surface area contributed by atoms with Crippen LogP contribution in [0.4, 0.5) is 29.3 Å². The monoisotopic (exact) mass is 389 g/mol. The van der Waals surface area contributed by atoms with Crippen molar-refractivity contribution in [2.75, 3.05) is 36.9 Å². The van der Waals surface area contributed by atoms with Crippen LogP contribution < -0.4 is 15.4 Å². The summed E-state index contributed by atoms with van der Waals surface area (Å²) in [5, 5.41) is 0. The van der Waals surface area contributed by atoms with Gasteiger partial charge in [0.1, 0.15) is 11.4 Å². The Morgan fingerprint density at radius 3 is 2.48 bits per heavy atom. The Morgan fingerprint density at radius 1 is 1.26 bits per heavy atom. The predicted molar refractivity (Wildman–Crippen MR) is 97.0 cm³/mol. The minimum absolute atomic E-state index is 0.00778. The van der Waals surface area contributed by atoms with Gasteiger partial charge in [-0.1, -0.05) is 0 Å². The Balaban J connectivity index is 2.06. The molecule has 0 aliphatic carbocycles. The number of hydrogen-bond acceptors (Lipinski definition) is 5. The summed E-state index contributed by atoms with van der Waals surface area (Å²) in [6, 6.07) is 4.70. The second-order valence-electron chi connectivity index (χ2n) is 7.59. The molecule has 0 saturated carbocycles. The molecule has 1 heterocycles. The fourth-order valence-electron chi connectivity index (χ4n) is 2.82. The first-order valence-corrected chi connectivity index (χ1v) is 8.69. The van der Waals surface area contributed by atoms with E-state index in [9.17, 15) is 18.0 Å². The predicted octanol–water partition coefficient (Wildman–Crippen LogP) is 3.66. The normalized spacial score (nSPS) is 18.4. The van der Waals surface area contributed by atoms with Gasteiger partial charge >= 0.3 is 12.3 Å². The molecular formula is C18H26F3N3O3. The van der Waals surface area contributed by atoms with Gasteiger partial charge < -0.3 is 25.0 Å². The number of carbonyl (C=O) groups is 1. The summed E-state index contributed by atoms with van der Waals surface area (Å²) in [5.74, 6) is -0.00778. The number of rotatable bonds is 3. The fraction of sp³-hybridized carbons (Fsp3) is 0.611. The van der Waals surface area contributed by atoms with Gasteiger partial charge in [0.15, 0.2) is 6.61 Å². The highest BCUT2D eigenvalue weighted by molar-refractivity contribution is 5.69. The fourth-order valence-corrected chi connectivity index (χ4v) is 2.82. The van der Waals surface area contributed by atoms with Crippen molar-refractivity contribution < 1.29 is 27.4 Å². The maximum absolute atomic E-state index is 12.4. The Labute approximate surface area is 157 Å². The zero-order valence-corrected chi connectivity index (χ0v) is 16.0. The molecule has 1 saturated heterocycles. The van der Waals surface area contributed by atoms with Gasteiger partial charge in [0.05, 0.1) is 5.69 Å². The van der Waals surface area contributed by atoms with Crippen LogP contribution in [0.25, 0.3) is 0 Å². The lowest BCUT2D eigenvalue weighted by molar-refractivity contribution is -0.153. The van der Waals surface area contributed by atoms with Gasteiger partial charge in [0, 0.05) is 37.4 Å². The highest BCUT2D eigenvalue weighted by atomic mass is 19.4. The Kier molecular flexibility index (Phi) is 6.01. The largest absolute Gasteiger partial charge is 0.482 e. The highest BCUT2D eigenvalue weighted by Crippen LogP contribution is 2.31. The van der Waals surface area contributed by atoms with Crippen LogP contribution in [-0.2, 0) is 4.74 Å². The van der Waals surface area contributed by atoms with E-state index in [1.165, 1.54) is 12.1 Å². The molecule has 1 aromatic carbocycles. The third-order valence-corrected chi connectivity index (χ3v) is 4.00. The van der Waals surface area contributed by atoms with Gasteiger partial charge in [-0.3, -0.25) is 0 Å². The van der Waals surface area contributed by atoms with Crippen molar-refractivity contribution in [1.29, 1.82) is 0 Å². The van der Waals surface area contributed by atoms with Crippen LogP contribution in [0.5, 0.6) is 5.75 Å². The number of benzene rings is 1. The van der Waals surface area contributed by atoms with Crippen LogP contribution in [-0.4, -0.2) is 55.1 Å². The minimum atomic E-state index is -4.44. The Morgan fingerprint density at radius 2 is 1.93 bits per heavy atom. The lowest BCUT2D eigenvalue weighted by Gasteiger charge is -2.41. The van der Waals surface area contributed by atoms with Gasteiger partial charge in [0.2, 0.25) is 0 Å². The summed E-state index contributed by atoms with van der Waals surface area (Å²) in [6.07, 6.45) is -4.81. The molecule has 0 aromatic heterocycles. The first-order chi connectivity index (χ1) is 12.4. The molecule has 1 amide bonds. The van der Waals surface area contributed by atoms with E-state index in [-0.39, 0.29) is 23.6 Å². The number of ether oxygens (including phenoxy) is 2. The molecule has 2 N–H and O–H groups in total. The summed E-state index contributed by atoms with van der Waals surface area (Å²) in [4.78, 5) is 15.9. The van der Waals surface area contributed by atoms with Crippen LogP contribution >= 0.6 is 0 Å². The number of nitrogens with two attached hydrogens (primary N) is 1. The molecule has 1 aromatic rings. The average molecular weight is 389 g/mol. The van der Waals surface area contributed by atoms with Gasteiger partial charge in [-0.25, -0.2) is 4.79 Å². The standard InChI is InChI=1S/C18H26F3N3O3/c1-12-10-23(16(25)27-17(2,3)4)7-8-24(12)13-5-6-14(22)15(9-13)26-11-18(19,20)21/h5-6,9,12H,7-8,10-11,22H2,1-4H3/t12-/m0/s1. The van der Waals surface area contributed by atoms with E-state index in [0.717, 1.165) is 0 Å². The molecule has 9 heteroatoms. The number of nitrogen functional groups attached to an aromatic ring is 1. The molecule has 0 spiro atoms. The van der Waals surface area contributed by atoms with E-state index in [1.54, 1.807) is 31.7 Å². The molecule has 1 fully saturated rings. The molecule has 6 nitrogen and oxygen atoms in total. The van der Waals surface area contributed by atoms with E-state index in [0.29, 0.717) is 25.3 Å². The number of halogens is 3. The Hall–Kier alpha value is -2.32. The molecule has 1 atom stereocenters. The molecule has 27 heavy (non-hydrogen) atoms. The second-order valence-corrected chi connectivity index (χ2v) is 7.59. The first-order valence-electron chi connectivity index (χ1n) is 8.69. The average Bonchev–Trinajstić information content (AvgIpc) is 2.52. The maximum atomic E-state index is 12.4. The van der Waals surface area contributed by atoms with Crippen molar-refractivity contribution >= 4 is 17.5 Å². The highest BCUT2D eigenvalue weighted by Gasteiger charge is 2.31. The summed E-state index contributed by atoms with van der Waals surface area (Å²) in [6.45, 7) is 7.36. The maximum Gasteiger partial charge on any atom is 0.422 e. The summed E-state index contributed by atoms with van der Waals surface area (Å²) in [7, 11) is 0. The van der Waals surface area contributed by atoms with Crippen molar-refractivity contribution in [1.82, 2.24) is 4.90 Å². The van der Waals surface area contributed by atoms with Crippen molar-refractivity contribution in [2.24, 2.45) is 0 Å². The second kappa shape index (κ2) is 7.74. The van der Waals surface area contributed by atoms with Gasteiger partial charge in [0.25, 0.3) is 0 Å². The van der Waals surface area contributed by atoms with E-state index >= 15 is 0 Å². The molecular weight excluding hydrogens is 363 g/mol. The number of piperazine rings is 1. The number of anilines is 2.